The standard InChI is InChI=1S/C16H16N2O2/c19-16-4-2-13-1-3-14(11-15(13)18-16)20-10-7-12-5-8-17-9-6-12/h1,3,5-6,8-9,11H,2,4,7,10H2,(H,18,19). The summed E-state index contributed by atoms with van der Waals surface area (Å²) in [5, 5.41) is 2.88. The number of nitrogens with zero attached hydrogens (tertiary/aromatic N) is 1. The van der Waals surface area contributed by atoms with Gasteiger partial charge in [-0.3, -0.25) is 9.78 Å². The highest BCUT2D eigenvalue weighted by molar-refractivity contribution is 5.94. The van der Waals surface area contributed by atoms with E-state index in [4.69, 9.17) is 4.74 Å². The predicted molar refractivity (Wildman–Crippen MR) is 76.8 cm³/mol. The maximum Gasteiger partial charge on any atom is 0.224 e. The highest BCUT2D eigenvalue weighted by atomic mass is 16.5. The van der Waals surface area contributed by atoms with Crippen LogP contribution in [0.25, 0.3) is 0 Å². The molecular weight excluding hydrogens is 252 g/mol. The summed E-state index contributed by atoms with van der Waals surface area (Å²) in [6.07, 6.45) is 5.77. The van der Waals surface area contributed by atoms with Gasteiger partial charge < -0.3 is 10.1 Å². The van der Waals surface area contributed by atoms with Crippen LogP contribution < -0.4 is 10.1 Å². The van der Waals surface area contributed by atoms with Crippen LogP contribution in [0.15, 0.2) is 42.7 Å². The van der Waals surface area contributed by atoms with Crippen molar-refractivity contribution in [3.05, 3.63) is 53.9 Å². The molecule has 1 aromatic carbocycles. The summed E-state index contributed by atoms with van der Waals surface area (Å²) in [6, 6.07) is 9.85. The van der Waals surface area contributed by atoms with Crippen LogP contribution in [0.4, 0.5) is 5.69 Å². The van der Waals surface area contributed by atoms with E-state index in [1.165, 1.54) is 11.1 Å². The van der Waals surface area contributed by atoms with Crippen LogP contribution in [0.5, 0.6) is 5.75 Å². The normalized spacial score (nSPS) is 13.5. The van der Waals surface area contributed by atoms with E-state index >= 15 is 0 Å². The zero-order valence-corrected chi connectivity index (χ0v) is 11.1. The van der Waals surface area contributed by atoms with Gasteiger partial charge in [0, 0.05) is 37.0 Å². The first-order valence-corrected chi connectivity index (χ1v) is 6.76. The Hall–Kier alpha value is -2.36. The van der Waals surface area contributed by atoms with Crippen molar-refractivity contribution in [1.82, 2.24) is 4.98 Å². The highest BCUT2D eigenvalue weighted by Crippen LogP contribution is 2.27. The Morgan fingerprint density at radius 2 is 2.00 bits per heavy atom. The summed E-state index contributed by atoms with van der Waals surface area (Å²) in [7, 11) is 0. The average molecular weight is 268 g/mol. The van der Waals surface area contributed by atoms with Crippen molar-refractivity contribution in [3.8, 4) is 5.75 Å². The van der Waals surface area contributed by atoms with Crippen LogP contribution >= 0.6 is 0 Å². The molecule has 0 aliphatic carbocycles. The van der Waals surface area contributed by atoms with E-state index in [0.717, 1.165) is 24.3 Å². The lowest BCUT2D eigenvalue weighted by Gasteiger charge is -2.17. The first-order chi connectivity index (χ1) is 9.81. The molecule has 1 N–H and O–H groups in total. The summed E-state index contributed by atoms with van der Waals surface area (Å²) in [5.41, 5.74) is 3.25. The molecule has 4 heteroatoms. The van der Waals surface area contributed by atoms with Gasteiger partial charge in [0.1, 0.15) is 5.75 Å². The van der Waals surface area contributed by atoms with Gasteiger partial charge in [0.05, 0.1) is 6.61 Å². The van der Waals surface area contributed by atoms with Gasteiger partial charge in [0.25, 0.3) is 0 Å². The fourth-order valence-corrected chi connectivity index (χ4v) is 2.28. The number of aromatic nitrogens is 1. The largest absolute Gasteiger partial charge is 0.493 e. The van der Waals surface area contributed by atoms with Gasteiger partial charge in [0.2, 0.25) is 5.91 Å². The molecule has 0 saturated carbocycles. The number of carbonyl (C=O) groups is 1. The van der Waals surface area contributed by atoms with Crippen molar-refractivity contribution in [2.75, 3.05) is 11.9 Å². The molecule has 20 heavy (non-hydrogen) atoms. The SMILES string of the molecule is O=C1CCc2ccc(OCCc3ccncc3)cc2N1. The van der Waals surface area contributed by atoms with E-state index < -0.39 is 0 Å². The number of amides is 1. The van der Waals surface area contributed by atoms with Crippen LogP contribution in [0.1, 0.15) is 17.5 Å². The maximum atomic E-state index is 11.4. The number of nitrogens with one attached hydrogen (secondary N) is 1. The molecule has 1 aliphatic rings. The molecule has 0 spiro atoms. The van der Waals surface area contributed by atoms with Crippen LogP contribution in [-0.4, -0.2) is 17.5 Å². The second-order valence-corrected chi connectivity index (χ2v) is 4.82. The maximum absolute atomic E-state index is 11.4. The van der Waals surface area contributed by atoms with Crippen LogP contribution in [0.2, 0.25) is 0 Å². The smallest absolute Gasteiger partial charge is 0.224 e. The number of anilines is 1. The first kappa shape index (κ1) is 12.7. The molecule has 0 radical (unpaired) electrons. The zero-order chi connectivity index (χ0) is 13.8. The summed E-state index contributed by atoms with van der Waals surface area (Å²) in [5.74, 6) is 0.867. The van der Waals surface area contributed by atoms with Gasteiger partial charge in [-0.1, -0.05) is 6.07 Å². The van der Waals surface area contributed by atoms with E-state index in [9.17, 15) is 4.79 Å². The van der Waals surface area contributed by atoms with Crippen molar-refractivity contribution in [3.63, 3.8) is 0 Å². The van der Waals surface area contributed by atoms with Crippen LogP contribution in [0, 0.1) is 0 Å². The lowest BCUT2D eigenvalue weighted by molar-refractivity contribution is -0.116. The van der Waals surface area contributed by atoms with Gasteiger partial charge in [-0.05, 0) is 35.7 Å². The molecule has 1 aliphatic heterocycles. The Kier molecular flexibility index (Phi) is 3.63. The fourth-order valence-electron chi connectivity index (χ4n) is 2.28. The molecule has 0 saturated heterocycles. The quantitative estimate of drug-likeness (QED) is 0.927. The fraction of sp³-hybridized carbons (Fsp3) is 0.250. The van der Waals surface area contributed by atoms with Crippen LogP contribution in [0.3, 0.4) is 0 Å². The molecule has 0 unspecified atom stereocenters. The zero-order valence-electron chi connectivity index (χ0n) is 11.1. The van der Waals surface area contributed by atoms with Gasteiger partial charge in [-0.2, -0.15) is 0 Å². The number of fused-ring (bicyclic) bond motifs is 1. The molecule has 2 aromatic rings. The van der Waals surface area contributed by atoms with Gasteiger partial charge in [-0.15, -0.1) is 0 Å². The summed E-state index contributed by atoms with van der Waals surface area (Å²) < 4.78 is 5.74. The van der Waals surface area contributed by atoms with Crippen molar-refractivity contribution >= 4 is 11.6 Å². The third-order valence-corrected chi connectivity index (χ3v) is 3.39. The van der Waals surface area contributed by atoms with E-state index in [2.05, 4.69) is 10.3 Å². The van der Waals surface area contributed by atoms with E-state index in [1.807, 2.05) is 30.3 Å². The Balaban J connectivity index is 1.61. The number of hydrogen-bond donors (Lipinski definition) is 1. The first-order valence-electron chi connectivity index (χ1n) is 6.76. The molecule has 4 nitrogen and oxygen atoms in total. The Labute approximate surface area is 117 Å². The number of rotatable bonds is 4. The van der Waals surface area contributed by atoms with E-state index in [1.54, 1.807) is 12.4 Å². The number of carbonyl (C=O) groups excluding carboxylic acids is 1. The van der Waals surface area contributed by atoms with Crippen molar-refractivity contribution in [1.29, 1.82) is 0 Å². The molecule has 0 fully saturated rings. The monoisotopic (exact) mass is 268 g/mol. The Morgan fingerprint density at radius 3 is 2.85 bits per heavy atom. The molecule has 0 atom stereocenters. The van der Waals surface area contributed by atoms with Crippen molar-refractivity contribution in [2.24, 2.45) is 0 Å². The second kappa shape index (κ2) is 5.74. The van der Waals surface area contributed by atoms with Gasteiger partial charge in [0.15, 0.2) is 0 Å². The lowest BCUT2D eigenvalue weighted by Crippen LogP contribution is -2.18. The minimum absolute atomic E-state index is 0.0754. The third kappa shape index (κ3) is 2.96. The van der Waals surface area contributed by atoms with Gasteiger partial charge >= 0.3 is 0 Å². The third-order valence-electron chi connectivity index (χ3n) is 3.39. The van der Waals surface area contributed by atoms with E-state index in [0.29, 0.717) is 13.0 Å². The molecule has 0 bridgehead atoms. The summed E-state index contributed by atoms with van der Waals surface area (Å²) in [6.45, 7) is 0.608. The molecular formula is C16H16N2O2. The Bertz CT molecular complexity index is 611. The van der Waals surface area contributed by atoms with Crippen molar-refractivity contribution in [2.45, 2.75) is 19.3 Å². The average Bonchev–Trinajstić information content (AvgIpc) is 2.48. The number of benzene rings is 1. The Morgan fingerprint density at radius 1 is 1.15 bits per heavy atom. The number of ether oxygens (including phenoxy) is 1. The minimum atomic E-state index is 0.0754. The molecule has 3 rings (SSSR count). The summed E-state index contributed by atoms with van der Waals surface area (Å²) >= 11 is 0. The van der Waals surface area contributed by atoms with E-state index in [-0.39, 0.29) is 5.91 Å². The lowest BCUT2D eigenvalue weighted by atomic mass is 10.0. The second-order valence-electron chi connectivity index (χ2n) is 4.82. The van der Waals surface area contributed by atoms with Crippen molar-refractivity contribution < 1.29 is 9.53 Å². The van der Waals surface area contributed by atoms with Crippen LogP contribution in [-0.2, 0) is 17.6 Å². The molecule has 102 valence electrons. The predicted octanol–water partition coefficient (Wildman–Crippen LogP) is 2.59. The number of hydrogen-bond acceptors (Lipinski definition) is 3. The number of pyridine rings is 1. The highest BCUT2D eigenvalue weighted by Gasteiger charge is 2.14. The topological polar surface area (TPSA) is 51.2 Å². The molecule has 1 aromatic heterocycles. The molecule has 2 heterocycles. The minimum Gasteiger partial charge on any atom is -0.493 e. The number of aryl methyl sites for hydroxylation is 1. The molecule has 1 amide bonds. The summed E-state index contributed by atoms with van der Waals surface area (Å²) in [4.78, 5) is 15.4. The van der Waals surface area contributed by atoms with Gasteiger partial charge in [-0.25, -0.2) is 0 Å².